The van der Waals surface area contributed by atoms with Crippen molar-refractivity contribution in [2.75, 3.05) is 19.5 Å². The summed E-state index contributed by atoms with van der Waals surface area (Å²) in [5.74, 6) is -0.533. The quantitative estimate of drug-likeness (QED) is 0.559. The molecular formula is C19H17ClN4O5S. The lowest BCUT2D eigenvalue weighted by Gasteiger charge is -2.16. The van der Waals surface area contributed by atoms with Crippen LogP contribution in [-0.2, 0) is 14.9 Å². The van der Waals surface area contributed by atoms with Crippen molar-refractivity contribution in [2.45, 2.75) is 4.90 Å². The van der Waals surface area contributed by atoms with Crippen molar-refractivity contribution >= 4 is 33.2 Å². The molecule has 0 unspecified atom stereocenters. The molecule has 0 bridgehead atoms. The summed E-state index contributed by atoms with van der Waals surface area (Å²) >= 11 is 6.02. The fourth-order valence-corrected chi connectivity index (χ4v) is 4.02. The summed E-state index contributed by atoms with van der Waals surface area (Å²) in [4.78, 5) is 28.3. The van der Waals surface area contributed by atoms with Crippen LogP contribution in [0.1, 0.15) is 10.4 Å². The van der Waals surface area contributed by atoms with Crippen LogP contribution in [0.2, 0.25) is 5.02 Å². The Hall–Kier alpha value is -3.05. The van der Waals surface area contributed by atoms with Crippen molar-refractivity contribution in [3.63, 3.8) is 0 Å². The molecular weight excluding hydrogens is 432 g/mol. The fourth-order valence-electron chi connectivity index (χ4n) is 2.54. The lowest BCUT2D eigenvalue weighted by atomic mass is 10.1. The molecule has 0 spiro atoms. The molecule has 11 heteroatoms. The fraction of sp³-hybridized carbons (Fsp3) is 0.105. The van der Waals surface area contributed by atoms with Crippen LogP contribution >= 0.6 is 11.6 Å². The van der Waals surface area contributed by atoms with Crippen LogP contribution in [0, 0.1) is 0 Å². The number of aromatic nitrogens is 2. The Morgan fingerprint density at radius 3 is 2.60 bits per heavy atom. The highest BCUT2D eigenvalue weighted by atomic mass is 35.5. The predicted molar refractivity (Wildman–Crippen MR) is 112 cm³/mol. The first-order chi connectivity index (χ1) is 14.2. The molecule has 0 aliphatic rings. The number of carbonyl (C=O) groups excluding carboxylic acids is 1. The number of carbonyl (C=O) groups is 1. The van der Waals surface area contributed by atoms with E-state index in [-0.39, 0.29) is 21.0 Å². The lowest BCUT2D eigenvalue weighted by molar-refractivity contribution is -0.0258. The molecule has 0 aliphatic carbocycles. The average Bonchev–Trinajstić information content (AvgIpc) is 2.73. The molecule has 2 N–H and O–H groups in total. The predicted octanol–water partition coefficient (Wildman–Crippen LogP) is 2.52. The molecule has 0 fully saturated rings. The summed E-state index contributed by atoms with van der Waals surface area (Å²) in [7, 11) is -1.62. The van der Waals surface area contributed by atoms with Gasteiger partial charge in [0.15, 0.2) is 0 Å². The number of rotatable bonds is 6. The van der Waals surface area contributed by atoms with Gasteiger partial charge in [0.05, 0.1) is 17.8 Å². The molecule has 156 valence electrons. The maximum absolute atomic E-state index is 12.7. The summed E-state index contributed by atoms with van der Waals surface area (Å²) in [5, 5.41) is 8.96. The van der Waals surface area contributed by atoms with E-state index in [2.05, 4.69) is 15.5 Å². The van der Waals surface area contributed by atoms with E-state index in [9.17, 15) is 18.0 Å². The van der Waals surface area contributed by atoms with Crippen LogP contribution in [0.5, 0.6) is 0 Å². The number of benzene rings is 2. The van der Waals surface area contributed by atoms with E-state index < -0.39 is 15.9 Å². The highest BCUT2D eigenvalue weighted by Gasteiger charge is 2.25. The lowest BCUT2D eigenvalue weighted by Crippen LogP contribution is -2.26. The number of nitrogens with one attached hydrogen (secondary N) is 2. The SMILES string of the molecule is CON(C)S(=O)(=O)c1cc(C(=O)Nc2cccc(-c3ccc(=O)[nH]n3)c2)ccc1Cl. The Balaban J connectivity index is 1.88. The number of amides is 1. The van der Waals surface area contributed by atoms with Crippen molar-refractivity contribution in [2.24, 2.45) is 0 Å². The molecule has 0 radical (unpaired) electrons. The van der Waals surface area contributed by atoms with E-state index >= 15 is 0 Å². The molecule has 30 heavy (non-hydrogen) atoms. The van der Waals surface area contributed by atoms with Gasteiger partial charge in [0.2, 0.25) is 0 Å². The Bertz CT molecular complexity index is 1240. The van der Waals surface area contributed by atoms with Crippen LogP contribution in [-0.4, -0.2) is 43.1 Å². The van der Waals surface area contributed by atoms with Gasteiger partial charge in [-0.3, -0.25) is 14.4 Å². The Kier molecular flexibility index (Phi) is 6.32. The first-order valence-corrected chi connectivity index (χ1v) is 10.3. The largest absolute Gasteiger partial charge is 0.322 e. The Labute approximate surface area is 177 Å². The minimum atomic E-state index is -4.03. The second kappa shape index (κ2) is 8.76. The summed E-state index contributed by atoms with van der Waals surface area (Å²) in [6.45, 7) is 0. The standard InChI is InChI=1S/C19H17ClN4O5S/c1-24(29-2)30(27,28)17-11-13(6-7-15(17)20)19(26)21-14-5-3-4-12(10-14)16-8-9-18(25)23-22-16/h3-11H,1-2H3,(H,21,26)(H,23,25). The summed E-state index contributed by atoms with van der Waals surface area (Å²) in [6.07, 6.45) is 0. The molecule has 9 nitrogen and oxygen atoms in total. The molecule has 1 aromatic heterocycles. The number of sulfonamides is 1. The van der Waals surface area contributed by atoms with Crippen molar-refractivity contribution in [3.8, 4) is 11.3 Å². The zero-order valence-electron chi connectivity index (χ0n) is 15.9. The third kappa shape index (κ3) is 4.57. The van der Waals surface area contributed by atoms with Crippen molar-refractivity contribution < 1.29 is 18.0 Å². The van der Waals surface area contributed by atoms with Gasteiger partial charge in [0.25, 0.3) is 21.5 Å². The van der Waals surface area contributed by atoms with Gasteiger partial charge in [-0.05, 0) is 36.4 Å². The van der Waals surface area contributed by atoms with E-state index in [1.54, 1.807) is 30.3 Å². The summed E-state index contributed by atoms with van der Waals surface area (Å²) in [5.41, 5.74) is 1.42. The molecule has 0 saturated heterocycles. The van der Waals surface area contributed by atoms with Crippen LogP contribution < -0.4 is 10.9 Å². The van der Waals surface area contributed by atoms with Crippen LogP contribution in [0.15, 0.2) is 64.3 Å². The first kappa shape index (κ1) is 21.7. The molecule has 3 rings (SSSR count). The number of hydrogen-bond donors (Lipinski definition) is 2. The number of anilines is 1. The molecule has 0 saturated carbocycles. The van der Waals surface area contributed by atoms with E-state index in [0.29, 0.717) is 21.4 Å². The molecule has 1 heterocycles. The van der Waals surface area contributed by atoms with Gasteiger partial charge >= 0.3 is 0 Å². The molecule has 3 aromatic rings. The third-order valence-electron chi connectivity index (χ3n) is 4.16. The van der Waals surface area contributed by atoms with Gasteiger partial charge in [-0.15, -0.1) is 0 Å². The van der Waals surface area contributed by atoms with Crippen molar-refractivity contribution in [1.82, 2.24) is 14.7 Å². The third-order valence-corrected chi connectivity index (χ3v) is 6.32. The maximum Gasteiger partial charge on any atom is 0.266 e. The highest BCUT2D eigenvalue weighted by molar-refractivity contribution is 7.89. The second-order valence-corrected chi connectivity index (χ2v) is 8.40. The van der Waals surface area contributed by atoms with E-state index in [1.165, 1.54) is 38.4 Å². The van der Waals surface area contributed by atoms with Gasteiger partial charge in [0.1, 0.15) is 4.90 Å². The van der Waals surface area contributed by atoms with Crippen LogP contribution in [0.4, 0.5) is 5.69 Å². The highest BCUT2D eigenvalue weighted by Crippen LogP contribution is 2.26. The molecule has 2 aromatic carbocycles. The number of nitrogens with zero attached hydrogens (tertiary/aromatic N) is 2. The van der Waals surface area contributed by atoms with E-state index in [4.69, 9.17) is 16.4 Å². The minimum Gasteiger partial charge on any atom is -0.322 e. The van der Waals surface area contributed by atoms with Gasteiger partial charge in [-0.25, -0.2) is 13.5 Å². The Morgan fingerprint density at radius 2 is 1.93 bits per heavy atom. The number of H-pyrrole nitrogens is 1. The number of hydrogen-bond acceptors (Lipinski definition) is 6. The van der Waals surface area contributed by atoms with Gasteiger partial charge in [-0.1, -0.05) is 28.2 Å². The normalized spacial score (nSPS) is 11.5. The zero-order valence-corrected chi connectivity index (χ0v) is 17.5. The molecule has 0 aliphatic heterocycles. The van der Waals surface area contributed by atoms with Crippen LogP contribution in [0.25, 0.3) is 11.3 Å². The summed E-state index contributed by atoms with van der Waals surface area (Å²) in [6, 6.07) is 13.6. The first-order valence-electron chi connectivity index (χ1n) is 8.52. The van der Waals surface area contributed by atoms with E-state index in [0.717, 1.165) is 0 Å². The van der Waals surface area contributed by atoms with Gasteiger partial charge in [0, 0.05) is 29.9 Å². The zero-order chi connectivity index (χ0) is 21.9. The monoisotopic (exact) mass is 448 g/mol. The number of hydroxylamine groups is 1. The van der Waals surface area contributed by atoms with Gasteiger partial charge in [-0.2, -0.15) is 5.10 Å². The average molecular weight is 449 g/mol. The van der Waals surface area contributed by atoms with Gasteiger partial charge < -0.3 is 5.32 Å². The van der Waals surface area contributed by atoms with E-state index in [1.807, 2.05) is 0 Å². The Morgan fingerprint density at radius 1 is 1.17 bits per heavy atom. The number of aromatic amines is 1. The van der Waals surface area contributed by atoms with Crippen molar-refractivity contribution in [3.05, 3.63) is 75.5 Å². The smallest absolute Gasteiger partial charge is 0.266 e. The molecule has 1 amide bonds. The van der Waals surface area contributed by atoms with Crippen LogP contribution in [0.3, 0.4) is 0 Å². The maximum atomic E-state index is 12.7. The topological polar surface area (TPSA) is 121 Å². The van der Waals surface area contributed by atoms with Crippen molar-refractivity contribution in [1.29, 1.82) is 0 Å². The summed E-state index contributed by atoms with van der Waals surface area (Å²) < 4.78 is 25.6. The number of halogens is 1. The molecule has 0 atom stereocenters. The second-order valence-electron chi connectivity index (χ2n) is 6.08. The minimum absolute atomic E-state index is 0.0402.